The quantitative estimate of drug-likeness (QED) is 0.239. The van der Waals surface area contributed by atoms with Crippen LogP contribution in [0.15, 0.2) is 48.5 Å². The first-order valence-corrected chi connectivity index (χ1v) is 12.2. The number of benzene rings is 2. The molecule has 0 amide bonds. The number of halogens is 1. The Balaban J connectivity index is 1.60. The van der Waals surface area contributed by atoms with Gasteiger partial charge in [0.1, 0.15) is 29.5 Å². The summed E-state index contributed by atoms with van der Waals surface area (Å²) in [6, 6.07) is 13.0. The summed E-state index contributed by atoms with van der Waals surface area (Å²) >= 11 is 0. The number of carbonyl (C=O) groups excluding carboxylic acids is 1. The number of aromatic amines is 1. The van der Waals surface area contributed by atoms with Gasteiger partial charge in [0, 0.05) is 28.6 Å². The Morgan fingerprint density at radius 3 is 2.53 bits per heavy atom. The van der Waals surface area contributed by atoms with Crippen LogP contribution in [0.1, 0.15) is 41.5 Å². The van der Waals surface area contributed by atoms with E-state index in [1.54, 1.807) is 49.4 Å². The molecule has 8 nitrogen and oxygen atoms in total. The third kappa shape index (κ3) is 5.34. The first kappa shape index (κ1) is 27.1. The van der Waals surface area contributed by atoms with Gasteiger partial charge in [0.25, 0.3) is 0 Å². The highest BCUT2D eigenvalue weighted by molar-refractivity contribution is 5.98. The van der Waals surface area contributed by atoms with Crippen LogP contribution in [0.5, 0.6) is 17.2 Å². The Labute approximate surface area is 220 Å². The monoisotopic (exact) mass is 522 g/mol. The summed E-state index contributed by atoms with van der Waals surface area (Å²) in [5.41, 5.74) is 1.56. The molecular formula is C29H31FN2O6. The predicted octanol–water partition coefficient (Wildman–Crippen LogP) is 4.94. The summed E-state index contributed by atoms with van der Waals surface area (Å²) in [6.45, 7) is 3.40. The maximum absolute atomic E-state index is 14.4. The lowest BCUT2D eigenvalue weighted by Gasteiger charge is -2.24. The molecule has 4 aromatic rings. The standard InChI is InChI=1S/C29H31FN2O6/c1-17-26(19-6-5-7-20(30)27(19)31-17)28-23(36-3)10-11-25(32-28)29(2,35)13-12-21(34)18-8-9-22(38-15-14-33)24(16-18)37-4/h5-11,16,31,33,35H,12-15H2,1-4H3. The van der Waals surface area contributed by atoms with Gasteiger partial charge in [-0.25, -0.2) is 9.37 Å². The number of nitrogens with one attached hydrogen (secondary N) is 1. The van der Waals surface area contributed by atoms with Crippen molar-refractivity contribution in [3.8, 4) is 28.5 Å². The van der Waals surface area contributed by atoms with E-state index in [2.05, 4.69) is 4.98 Å². The van der Waals surface area contributed by atoms with Gasteiger partial charge < -0.3 is 29.4 Å². The van der Waals surface area contributed by atoms with Gasteiger partial charge in [-0.2, -0.15) is 0 Å². The molecule has 2 aromatic carbocycles. The van der Waals surface area contributed by atoms with E-state index in [0.29, 0.717) is 56.4 Å². The van der Waals surface area contributed by atoms with Gasteiger partial charge in [-0.3, -0.25) is 4.79 Å². The molecule has 0 bridgehead atoms. The number of fused-ring (bicyclic) bond motifs is 1. The molecule has 1 unspecified atom stereocenters. The molecule has 200 valence electrons. The summed E-state index contributed by atoms with van der Waals surface area (Å²) in [6.07, 6.45) is 0.157. The Bertz CT molecular complexity index is 1460. The highest BCUT2D eigenvalue weighted by Crippen LogP contribution is 2.39. The number of Topliss-reactive ketones (excluding diaryl/α,β-unsaturated/α-hetero) is 1. The summed E-state index contributed by atoms with van der Waals surface area (Å²) in [5.74, 6) is 0.719. The fourth-order valence-corrected chi connectivity index (χ4v) is 4.45. The first-order valence-electron chi connectivity index (χ1n) is 12.2. The number of rotatable bonds is 11. The zero-order valence-corrected chi connectivity index (χ0v) is 21.8. The average Bonchev–Trinajstić information content (AvgIpc) is 3.26. The number of nitrogens with zero attached hydrogens (tertiary/aromatic N) is 1. The Kier molecular flexibility index (Phi) is 7.99. The topological polar surface area (TPSA) is 114 Å². The van der Waals surface area contributed by atoms with Crippen molar-refractivity contribution in [2.75, 3.05) is 27.4 Å². The molecule has 0 aliphatic rings. The van der Waals surface area contributed by atoms with Crippen LogP contribution in [-0.2, 0) is 5.60 Å². The molecule has 0 spiro atoms. The molecule has 0 saturated heterocycles. The number of pyridine rings is 1. The van der Waals surface area contributed by atoms with E-state index in [-0.39, 0.29) is 37.7 Å². The summed E-state index contributed by atoms with van der Waals surface area (Å²) in [4.78, 5) is 20.8. The number of aryl methyl sites for hydroxylation is 1. The normalized spacial score (nSPS) is 12.8. The number of para-hydroxylation sites is 1. The molecule has 0 radical (unpaired) electrons. The Morgan fingerprint density at radius 2 is 1.82 bits per heavy atom. The van der Waals surface area contributed by atoms with Gasteiger partial charge >= 0.3 is 0 Å². The molecule has 0 fully saturated rings. The summed E-state index contributed by atoms with van der Waals surface area (Å²) in [5, 5.41) is 21.0. The molecule has 2 heterocycles. The third-order valence-corrected chi connectivity index (χ3v) is 6.51. The molecule has 0 saturated carbocycles. The van der Waals surface area contributed by atoms with Crippen LogP contribution in [0.3, 0.4) is 0 Å². The van der Waals surface area contributed by atoms with Crippen LogP contribution in [0.4, 0.5) is 4.39 Å². The number of aliphatic hydroxyl groups is 2. The zero-order valence-electron chi connectivity index (χ0n) is 21.8. The van der Waals surface area contributed by atoms with Gasteiger partial charge in [-0.1, -0.05) is 12.1 Å². The number of hydrogen-bond donors (Lipinski definition) is 3. The molecule has 38 heavy (non-hydrogen) atoms. The van der Waals surface area contributed by atoms with Crippen LogP contribution >= 0.6 is 0 Å². The van der Waals surface area contributed by atoms with Crippen LogP contribution < -0.4 is 14.2 Å². The Morgan fingerprint density at radius 1 is 1.08 bits per heavy atom. The fourth-order valence-electron chi connectivity index (χ4n) is 4.45. The van der Waals surface area contributed by atoms with Gasteiger partial charge in [0.15, 0.2) is 17.3 Å². The average molecular weight is 523 g/mol. The van der Waals surface area contributed by atoms with Crippen molar-refractivity contribution in [1.82, 2.24) is 9.97 Å². The first-order chi connectivity index (χ1) is 18.2. The van der Waals surface area contributed by atoms with Gasteiger partial charge in [0.2, 0.25) is 0 Å². The molecule has 0 aliphatic carbocycles. The number of aromatic nitrogens is 2. The number of aliphatic hydroxyl groups excluding tert-OH is 1. The molecule has 9 heteroatoms. The van der Waals surface area contributed by atoms with Crippen molar-refractivity contribution in [1.29, 1.82) is 0 Å². The maximum Gasteiger partial charge on any atom is 0.163 e. The lowest BCUT2D eigenvalue weighted by molar-refractivity contribution is 0.0397. The number of hydrogen-bond acceptors (Lipinski definition) is 7. The van der Waals surface area contributed by atoms with E-state index in [1.165, 1.54) is 20.3 Å². The summed E-state index contributed by atoms with van der Waals surface area (Å²) < 4.78 is 30.7. The largest absolute Gasteiger partial charge is 0.494 e. The van der Waals surface area contributed by atoms with Crippen molar-refractivity contribution in [3.05, 3.63) is 71.3 Å². The van der Waals surface area contributed by atoms with Crippen LogP contribution in [0.25, 0.3) is 22.2 Å². The van der Waals surface area contributed by atoms with Gasteiger partial charge in [-0.05, 0) is 56.7 Å². The maximum atomic E-state index is 14.4. The minimum absolute atomic E-state index is 0.0490. The van der Waals surface area contributed by atoms with E-state index in [0.717, 1.165) is 0 Å². The molecule has 0 aliphatic heterocycles. The van der Waals surface area contributed by atoms with E-state index < -0.39 is 5.60 Å². The molecule has 1 atom stereocenters. The van der Waals surface area contributed by atoms with Crippen molar-refractivity contribution >= 4 is 16.7 Å². The highest BCUT2D eigenvalue weighted by atomic mass is 19.1. The Hall–Kier alpha value is -3.95. The van der Waals surface area contributed by atoms with Gasteiger partial charge in [-0.15, -0.1) is 0 Å². The fraction of sp³-hybridized carbons (Fsp3) is 0.310. The van der Waals surface area contributed by atoms with Crippen LogP contribution in [-0.4, -0.2) is 53.4 Å². The molecule has 2 aromatic heterocycles. The second-order valence-electron chi connectivity index (χ2n) is 9.17. The van der Waals surface area contributed by atoms with Gasteiger partial charge in [0.05, 0.1) is 32.0 Å². The van der Waals surface area contributed by atoms with E-state index in [4.69, 9.17) is 24.3 Å². The van der Waals surface area contributed by atoms with Crippen molar-refractivity contribution < 1.29 is 33.6 Å². The minimum atomic E-state index is -1.43. The third-order valence-electron chi connectivity index (χ3n) is 6.51. The van der Waals surface area contributed by atoms with Crippen molar-refractivity contribution in [3.63, 3.8) is 0 Å². The second kappa shape index (κ2) is 11.2. The number of methoxy groups -OCH3 is 2. The summed E-state index contributed by atoms with van der Waals surface area (Å²) in [7, 11) is 2.99. The van der Waals surface area contributed by atoms with Crippen LogP contribution in [0.2, 0.25) is 0 Å². The number of ketones is 1. The number of carbonyl (C=O) groups is 1. The smallest absolute Gasteiger partial charge is 0.163 e. The van der Waals surface area contributed by atoms with E-state index >= 15 is 0 Å². The van der Waals surface area contributed by atoms with Crippen LogP contribution in [0, 0.1) is 12.7 Å². The van der Waals surface area contributed by atoms with E-state index in [9.17, 15) is 14.3 Å². The predicted molar refractivity (Wildman–Crippen MR) is 141 cm³/mol. The number of ether oxygens (including phenoxy) is 3. The molecule has 3 N–H and O–H groups in total. The number of H-pyrrole nitrogens is 1. The zero-order chi connectivity index (χ0) is 27.4. The minimum Gasteiger partial charge on any atom is -0.494 e. The SMILES string of the molecule is COc1cc(C(=O)CCC(C)(O)c2ccc(OC)c(-c3c(C)[nH]c4c(F)cccc34)n2)ccc1OCCO. The van der Waals surface area contributed by atoms with E-state index in [1.807, 2.05) is 6.92 Å². The van der Waals surface area contributed by atoms with Crippen molar-refractivity contribution in [2.24, 2.45) is 0 Å². The lowest BCUT2D eigenvalue weighted by Crippen LogP contribution is -2.24. The highest BCUT2D eigenvalue weighted by Gasteiger charge is 2.28. The second-order valence-corrected chi connectivity index (χ2v) is 9.17. The van der Waals surface area contributed by atoms with Crippen molar-refractivity contribution in [2.45, 2.75) is 32.3 Å². The lowest BCUT2D eigenvalue weighted by atomic mass is 9.92. The molecule has 4 rings (SSSR count). The molecular weight excluding hydrogens is 491 g/mol.